The Morgan fingerprint density at radius 2 is 1.87 bits per heavy atom. The molecule has 5 aliphatic rings. The highest BCUT2D eigenvalue weighted by molar-refractivity contribution is 6.19. The van der Waals surface area contributed by atoms with Gasteiger partial charge in [-0.2, -0.15) is 0 Å². The molecular weight excluding hydrogens is 803 g/mol. The van der Waals surface area contributed by atoms with Crippen LogP contribution in [0.1, 0.15) is 62.4 Å². The number of imidazole rings is 1. The first-order chi connectivity index (χ1) is 30.0. The maximum absolute atomic E-state index is 13.9. The number of aryl methyl sites for hydroxylation is 1. The number of para-hydroxylation sites is 1. The molecule has 6 N–H and O–H groups in total. The molecule has 1 saturated carbocycles. The van der Waals surface area contributed by atoms with Crippen molar-refractivity contribution in [1.29, 1.82) is 0 Å². The number of nitrogens with one attached hydrogen (secondary N) is 2. The molecule has 5 fully saturated rings. The number of anilines is 1. The van der Waals surface area contributed by atoms with E-state index >= 15 is 0 Å². The van der Waals surface area contributed by atoms with E-state index in [-0.39, 0.29) is 59.7 Å². The van der Waals surface area contributed by atoms with Crippen LogP contribution >= 0.6 is 0 Å². The SMILES string of the molecule is Cn1c(=O)n(C2CCC(=O)NC2=O)c2cccc(C#CCN3CCN(CC4CCC(N=C/C(NC(=O)/C(=C/N)c5nccc(N6C[C@@H]7C[C@H]6CO7)n5)=C(\N)C(F)F)CC4)CC3)c21. The Labute approximate surface area is 357 Å². The minimum absolute atomic E-state index is 0.0630. The molecule has 4 saturated heterocycles. The molecule has 17 nitrogen and oxygen atoms in total. The number of nitrogens with two attached hydrogens (primary N) is 2. The van der Waals surface area contributed by atoms with Crippen LogP contribution in [-0.4, -0.2) is 130 Å². The number of aromatic nitrogens is 4. The summed E-state index contributed by atoms with van der Waals surface area (Å²) in [6.07, 6.45) is 5.71. The van der Waals surface area contributed by atoms with Gasteiger partial charge in [0, 0.05) is 71.3 Å². The highest BCUT2D eigenvalue weighted by Gasteiger charge is 2.40. The number of imide groups is 1. The number of rotatable bonds is 11. The van der Waals surface area contributed by atoms with Crippen molar-refractivity contribution >= 4 is 46.4 Å². The lowest BCUT2D eigenvalue weighted by Crippen LogP contribution is -2.48. The highest BCUT2D eigenvalue weighted by atomic mass is 19.3. The van der Waals surface area contributed by atoms with Gasteiger partial charge in [0.25, 0.3) is 12.3 Å². The monoisotopic (exact) mass is 854 g/mol. The van der Waals surface area contributed by atoms with Gasteiger partial charge >= 0.3 is 5.69 Å². The van der Waals surface area contributed by atoms with Crippen LogP contribution in [0.15, 0.2) is 57.8 Å². The van der Waals surface area contributed by atoms with Crippen LogP contribution in [0.2, 0.25) is 0 Å². The Hall–Kier alpha value is -5.97. The normalized spacial score (nSPS) is 25.3. The van der Waals surface area contributed by atoms with Crippen molar-refractivity contribution in [2.24, 2.45) is 29.4 Å². The van der Waals surface area contributed by atoms with Crippen LogP contribution in [0, 0.1) is 17.8 Å². The Morgan fingerprint density at radius 1 is 1.10 bits per heavy atom. The minimum Gasteiger partial charge on any atom is -0.404 e. The number of aliphatic imine (C=N–C) groups is 1. The van der Waals surface area contributed by atoms with Crippen molar-refractivity contribution in [3.63, 3.8) is 0 Å². The Balaban J connectivity index is 0.808. The second-order valence-corrected chi connectivity index (χ2v) is 16.6. The van der Waals surface area contributed by atoms with Crippen LogP contribution in [0.5, 0.6) is 0 Å². The molecule has 6 heterocycles. The molecule has 1 aromatic carbocycles. The first-order valence-corrected chi connectivity index (χ1v) is 21.2. The van der Waals surface area contributed by atoms with Gasteiger partial charge in [-0.3, -0.25) is 38.7 Å². The Bertz CT molecular complexity index is 2420. The third-order valence-corrected chi connectivity index (χ3v) is 12.6. The van der Waals surface area contributed by atoms with Crippen molar-refractivity contribution in [3.05, 3.63) is 69.9 Å². The number of allylic oxidation sites excluding steroid dienone is 2. The van der Waals surface area contributed by atoms with E-state index in [1.807, 2.05) is 12.1 Å². The van der Waals surface area contributed by atoms with Gasteiger partial charge in [0.2, 0.25) is 11.8 Å². The van der Waals surface area contributed by atoms with Crippen molar-refractivity contribution in [2.75, 3.05) is 57.3 Å². The fraction of sp³-hybridized carbons (Fsp3) is 0.512. The fourth-order valence-electron chi connectivity index (χ4n) is 9.22. The lowest BCUT2D eigenvalue weighted by atomic mass is 9.86. The second-order valence-electron chi connectivity index (χ2n) is 16.6. The van der Waals surface area contributed by atoms with E-state index in [0.29, 0.717) is 48.0 Å². The summed E-state index contributed by atoms with van der Waals surface area (Å²) >= 11 is 0. The summed E-state index contributed by atoms with van der Waals surface area (Å²) in [7, 11) is 1.67. The predicted molar refractivity (Wildman–Crippen MR) is 228 cm³/mol. The van der Waals surface area contributed by atoms with E-state index in [0.717, 1.165) is 71.0 Å². The van der Waals surface area contributed by atoms with Gasteiger partial charge in [-0.25, -0.2) is 23.5 Å². The number of benzene rings is 1. The average molecular weight is 855 g/mol. The molecule has 2 aromatic heterocycles. The predicted octanol–water partition coefficient (Wildman–Crippen LogP) is 1.24. The number of fused-ring (bicyclic) bond motifs is 3. The van der Waals surface area contributed by atoms with Crippen LogP contribution in [-0.2, 0) is 26.2 Å². The van der Waals surface area contributed by atoms with Gasteiger partial charge < -0.3 is 31.3 Å². The number of halogens is 2. The van der Waals surface area contributed by atoms with Crippen molar-refractivity contribution < 1.29 is 27.9 Å². The average Bonchev–Trinajstić information content (AvgIpc) is 3.98. The Kier molecular flexibility index (Phi) is 12.8. The summed E-state index contributed by atoms with van der Waals surface area (Å²) in [6.45, 7) is 6.35. The van der Waals surface area contributed by atoms with Crippen LogP contribution in [0.4, 0.5) is 14.6 Å². The molecule has 3 aromatic rings. The van der Waals surface area contributed by atoms with Crippen LogP contribution < -0.4 is 32.7 Å². The number of nitrogens with zero attached hydrogens (tertiary/aromatic N) is 8. The van der Waals surface area contributed by atoms with E-state index in [1.54, 1.807) is 19.2 Å². The quantitative estimate of drug-likeness (QED) is 0.0930. The number of amides is 3. The molecule has 328 valence electrons. The zero-order valence-corrected chi connectivity index (χ0v) is 34.6. The standard InChI is InChI=1S/C43H52F2N12O5/c1-53-38-27(4-2-6-33(38)57(43(53)61)34-11-12-36(58)52-42(34)60)5-3-15-54-16-18-55(19-17-54)23-26-7-9-28(10-8-26)49-22-32(37(47)39(44)45)50-41(59)31(21-46)40-48-14-13-35(51-40)56-24-30-20-29(56)25-62-30/h2,4,6,13-14,21-22,26,28-30,34,39H,7-12,15-20,23-25,46-47H2,1H3,(H,50,59)(H,52,58,60)/b31-21+,37-32+,49-22?/t26?,28?,29-,30-,34?/m0/s1. The Morgan fingerprint density at radius 3 is 2.56 bits per heavy atom. The summed E-state index contributed by atoms with van der Waals surface area (Å²) < 4.78 is 36.4. The van der Waals surface area contributed by atoms with Gasteiger partial charge in [-0.1, -0.05) is 17.9 Å². The van der Waals surface area contributed by atoms with E-state index in [2.05, 4.69) is 52.1 Å². The van der Waals surface area contributed by atoms with Crippen LogP contribution in [0.3, 0.4) is 0 Å². The summed E-state index contributed by atoms with van der Waals surface area (Å²) in [6, 6.07) is 6.58. The van der Waals surface area contributed by atoms with E-state index in [4.69, 9.17) is 16.2 Å². The third-order valence-electron chi connectivity index (χ3n) is 12.6. The summed E-state index contributed by atoms with van der Waals surface area (Å²) in [5, 5.41) is 4.83. The zero-order valence-electron chi connectivity index (χ0n) is 34.6. The molecule has 0 spiro atoms. The van der Waals surface area contributed by atoms with Gasteiger partial charge in [0.05, 0.1) is 59.2 Å². The van der Waals surface area contributed by atoms with Crippen molar-refractivity contribution in [2.45, 2.75) is 75.6 Å². The number of ether oxygens (including phenoxy) is 1. The van der Waals surface area contributed by atoms with E-state index in [1.165, 1.54) is 21.5 Å². The first-order valence-electron chi connectivity index (χ1n) is 21.2. The van der Waals surface area contributed by atoms with Gasteiger partial charge in [0.1, 0.15) is 17.6 Å². The maximum atomic E-state index is 13.9. The molecule has 1 unspecified atom stereocenters. The molecule has 62 heavy (non-hydrogen) atoms. The molecule has 2 bridgehead atoms. The lowest BCUT2D eigenvalue weighted by molar-refractivity contribution is -0.135. The molecule has 1 aliphatic carbocycles. The number of morpholine rings is 1. The fourth-order valence-corrected chi connectivity index (χ4v) is 9.22. The first kappa shape index (κ1) is 42.7. The molecule has 4 aliphatic heterocycles. The molecule has 3 atom stereocenters. The lowest BCUT2D eigenvalue weighted by Gasteiger charge is -2.37. The number of carbonyl (C=O) groups excluding carboxylic acids is 3. The molecule has 0 radical (unpaired) electrons. The summed E-state index contributed by atoms with van der Waals surface area (Å²) in [5.74, 6) is 6.14. The number of hydrogen-bond acceptors (Lipinski definition) is 13. The molecule has 19 heteroatoms. The summed E-state index contributed by atoms with van der Waals surface area (Å²) in [5.41, 5.74) is 12.1. The van der Waals surface area contributed by atoms with Crippen molar-refractivity contribution in [1.82, 2.24) is 39.5 Å². The number of alkyl halides is 2. The topological polar surface area (TPSA) is 211 Å². The summed E-state index contributed by atoms with van der Waals surface area (Å²) in [4.78, 5) is 71.3. The van der Waals surface area contributed by atoms with E-state index in [9.17, 15) is 28.0 Å². The number of hydrogen-bond donors (Lipinski definition) is 4. The van der Waals surface area contributed by atoms with Crippen LogP contribution in [0.25, 0.3) is 16.6 Å². The van der Waals surface area contributed by atoms with Gasteiger partial charge in [-0.05, 0) is 62.6 Å². The molecule has 8 rings (SSSR count). The smallest absolute Gasteiger partial charge is 0.329 e. The second kappa shape index (κ2) is 18.6. The number of carbonyl (C=O) groups is 3. The zero-order chi connectivity index (χ0) is 43.5. The molecule has 3 amide bonds. The highest BCUT2D eigenvalue weighted by Crippen LogP contribution is 2.32. The van der Waals surface area contributed by atoms with Gasteiger partial charge in [0.15, 0.2) is 5.82 Å². The molecular formula is C43H52F2N12O5. The van der Waals surface area contributed by atoms with Gasteiger partial charge in [-0.15, -0.1) is 0 Å². The number of piperazine rings is 1. The largest absolute Gasteiger partial charge is 0.404 e. The minimum atomic E-state index is -3.02. The number of piperidine rings is 1. The third kappa shape index (κ3) is 9.13. The maximum Gasteiger partial charge on any atom is 0.329 e. The van der Waals surface area contributed by atoms with Crippen molar-refractivity contribution in [3.8, 4) is 11.8 Å². The van der Waals surface area contributed by atoms with E-state index < -0.39 is 30.0 Å².